The molecule has 3 heteroatoms. The molecule has 17 heavy (non-hydrogen) atoms. The van der Waals surface area contributed by atoms with Gasteiger partial charge in [0.05, 0.1) is 6.10 Å². The molecule has 1 unspecified atom stereocenters. The van der Waals surface area contributed by atoms with Crippen molar-refractivity contribution >= 4 is 0 Å². The van der Waals surface area contributed by atoms with Crippen LogP contribution in [0.3, 0.4) is 0 Å². The molecule has 2 aliphatic rings. The fraction of sp³-hybridized carbons (Fsp3) is 1.00. The summed E-state index contributed by atoms with van der Waals surface area (Å²) in [5.74, 6) is 0. The van der Waals surface area contributed by atoms with Crippen LogP contribution in [0.25, 0.3) is 0 Å². The van der Waals surface area contributed by atoms with Gasteiger partial charge in [0.1, 0.15) is 0 Å². The van der Waals surface area contributed by atoms with Crippen LogP contribution in [0.5, 0.6) is 0 Å². The zero-order valence-electron chi connectivity index (χ0n) is 11.1. The Labute approximate surface area is 106 Å². The summed E-state index contributed by atoms with van der Waals surface area (Å²) >= 11 is 0. The molecule has 3 nitrogen and oxygen atoms in total. The normalized spacial score (nSPS) is 26.5. The van der Waals surface area contributed by atoms with E-state index in [2.05, 4.69) is 10.2 Å². The van der Waals surface area contributed by atoms with Crippen molar-refractivity contribution in [3.8, 4) is 0 Å². The Morgan fingerprint density at radius 2 is 1.94 bits per heavy atom. The largest absolute Gasteiger partial charge is 0.378 e. The van der Waals surface area contributed by atoms with Crippen LogP contribution in [-0.2, 0) is 4.74 Å². The van der Waals surface area contributed by atoms with Crippen LogP contribution in [0.1, 0.15) is 44.9 Å². The SMILES string of the molecule is C1CCN(CCNCCCC2CCCO2)CC1. The standard InChI is InChI=1S/C14H28N2O/c1-2-10-16(11-3-1)12-9-15-8-4-6-14-7-5-13-17-14/h14-15H,1-13H2. The van der Waals surface area contributed by atoms with E-state index < -0.39 is 0 Å². The van der Waals surface area contributed by atoms with Crippen LogP contribution in [0, 0.1) is 0 Å². The first kappa shape index (κ1) is 13.3. The van der Waals surface area contributed by atoms with E-state index in [1.165, 1.54) is 64.6 Å². The van der Waals surface area contributed by atoms with Crippen molar-refractivity contribution in [2.75, 3.05) is 39.3 Å². The number of hydrogen-bond donors (Lipinski definition) is 1. The molecular formula is C14H28N2O. The molecule has 2 aliphatic heterocycles. The molecule has 0 aliphatic carbocycles. The molecule has 1 atom stereocenters. The first-order chi connectivity index (χ1) is 8.45. The lowest BCUT2D eigenvalue weighted by Crippen LogP contribution is -2.36. The second kappa shape index (κ2) is 8.06. The summed E-state index contributed by atoms with van der Waals surface area (Å²) in [7, 11) is 0. The van der Waals surface area contributed by atoms with Crippen LogP contribution < -0.4 is 5.32 Å². The number of piperidine rings is 1. The summed E-state index contributed by atoms with van der Waals surface area (Å²) in [5.41, 5.74) is 0. The van der Waals surface area contributed by atoms with Crippen LogP contribution in [0.4, 0.5) is 0 Å². The maximum Gasteiger partial charge on any atom is 0.0576 e. The van der Waals surface area contributed by atoms with Gasteiger partial charge in [-0.05, 0) is 58.2 Å². The van der Waals surface area contributed by atoms with Gasteiger partial charge in [-0.3, -0.25) is 0 Å². The van der Waals surface area contributed by atoms with Crippen molar-refractivity contribution < 1.29 is 4.74 Å². The quantitative estimate of drug-likeness (QED) is 0.689. The van der Waals surface area contributed by atoms with Gasteiger partial charge < -0.3 is 15.0 Å². The number of hydrogen-bond acceptors (Lipinski definition) is 3. The summed E-state index contributed by atoms with van der Waals surface area (Å²) in [6, 6.07) is 0. The van der Waals surface area contributed by atoms with Crippen LogP contribution in [-0.4, -0.2) is 50.3 Å². The minimum absolute atomic E-state index is 0.568. The molecular weight excluding hydrogens is 212 g/mol. The lowest BCUT2D eigenvalue weighted by atomic mass is 10.1. The van der Waals surface area contributed by atoms with Gasteiger partial charge >= 0.3 is 0 Å². The number of rotatable bonds is 7. The van der Waals surface area contributed by atoms with Crippen molar-refractivity contribution in [1.82, 2.24) is 10.2 Å². The van der Waals surface area contributed by atoms with Crippen molar-refractivity contribution in [1.29, 1.82) is 0 Å². The molecule has 2 rings (SSSR count). The molecule has 2 saturated heterocycles. The third kappa shape index (κ3) is 5.36. The van der Waals surface area contributed by atoms with Crippen LogP contribution in [0.15, 0.2) is 0 Å². The fourth-order valence-corrected chi connectivity index (χ4v) is 2.87. The van der Waals surface area contributed by atoms with Crippen molar-refractivity contribution in [2.45, 2.75) is 51.0 Å². The highest BCUT2D eigenvalue weighted by atomic mass is 16.5. The zero-order chi connectivity index (χ0) is 11.8. The lowest BCUT2D eigenvalue weighted by Gasteiger charge is -2.26. The Hall–Kier alpha value is -0.120. The number of nitrogens with one attached hydrogen (secondary N) is 1. The topological polar surface area (TPSA) is 24.5 Å². The molecule has 0 aromatic rings. The van der Waals surface area contributed by atoms with E-state index >= 15 is 0 Å². The molecule has 0 aromatic heterocycles. The van der Waals surface area contributed by atoms with Crippen molar-refractivity contribution in [3.63, 3.8) is 0 Å². The van der Waals surface area contributed by atoms with E-state index in [1.54, 1.807) is 0 Å². The lowest BCUT2D eigenvalue weighted by molar-refractivity contribution is 0.102. The first-order valence-electron chi connectivity index (χ1n) is 7.50. The van der Waals surface area contributed by atoms with Gasteiger partial charge in [-0.2, -0.15) is 0 Å². The molecule has 0 aromatic carbocycles. The van der Waals surface area contributed by atoms with Gasteiger partial charge in [-0.15, -0.1) is 0 Å². The smallest absolute Gasteiger partial charge is 0.0576 e. The minimum Gasteiger partial charge on any atom is -0.378 e. The molecule has 0 amide bonds. The van der Waals surface area contributed by atoms with Gasteiger partial charge in [-0.25, -0.2) is 0 Å². The molecule has 0 bridgehead atoms. The van der Waals surface area contributed by atoms with Gasteiger partial charge in [-0.1, -0.05) is 6.42 Å². The Morgan fingerprint density at radius 1 is 1.06 bits per heavy atom. The Kier molecular flexibility index (Phi) is 6.32. The van der Waals surface area contributed by atoms with Gasteiger partial charge in [0.2, 0.25) is 0 Å². The zero-order valence-corrected chi connectivity index (χ0v) is 11.1. The van der Waals surface area contributed by atoms with E-state index in [9.17, 15) is 0 Å². The highest BCUT2D eigenvalue weighted by molar-refractivity contribution is 4.67. The van der Waals surface area contributed by atoms with E-state index in [1.807, 2.05) is 0 Å². The summed E-state index contributed by atoms with van der Waals surface area (Å²) < 4.78 is 5.62. The molecule has 0 radical (unpaired) electrons. The summed E-state index contributed by atoms with van der Waals surface area (Å²) in [5, 5.41) is 3.56. The summed E-state index contributed by atoms with van der Waals surface area (Å²) in [6.07, 6.45) is 9.88. The molecule has 2 fully saturated rings. The molecule has 100 valence electrons. The second-order valence-electron chi connectivity index (χ2n) is 5.43. The summed E-state index contributed by atoms with van der Waals surface area (Å²) in [4.78, 5) is 2.59. The first-order valence-corrected chi connectivity index (χ1v) is 7.50. The van der Waals surface area contributed by atoms with Gasteiger partial charge in [0, 0.05) is 19.7 Å². The summed E-state index contributed by atoms with van der Waals surface area (Å²) in [6.45, 7) is 7.18. The fourth-order valence-electron chi connectivity index (χ4n) is 2.87. The number of nitrogens with zero attached hydrogens (tertiary/aromatic N) is 1. The predicted octanol–water partition coefficient (Wildman–Crippen LogP) is 2.02. The second-order valence-corrected chi connectivity index (χ2v) is 5.43. The van der Waals surface area contributed by atoms with Gasteiger partial charge in [0.15, 0.2) is 0 Å². The van der Waals surface area contributed by atoms with Crippen molar-refractivity contribution in [3.05, 3.63) is 0 Å². The van der Waals surface area contributed by atoms with E-state index in [4.69, 9.17) is 4.74 Å². The highest BCUT2D eigenvalue weighted by Crippen LogP contribution is 2.16. The third-order valence-electron chi connectivity index (χ3n) is 3.96. The maximum atomic E-state index is 5.62. The number of likely N-dealkylation sites (tertiary alicyclic amines) is 1. The van der Waals surface area contributed by atoms with Gasteiger partial charge in [0.25, 0.3) is 0 Å². The van der Waals surface area contributed by atoms with Crippen molar-refractivity contribution in [2.24, 2.45) is 0 Å². The highest BCUT2D eigenvalue weighted by Gasteiger charge is 2.14. The monoisotopic (exact) mass is 240 g/mol. The molecule has 2 heterocycles. The molecule has 0 spiro atoms. The third-order valence-corrected chi connectivity index (χ3v) is 3.96. The van der Waals surface area contributed by atoms with Crippen LogP contribution >= 0.6 is 0 Å². The van der Waals surface area contributed by atoms with E-state index in [0.717, 1.165) is 19.7 Å². The Bertz CT molecular complexity index is 187. The van der Waals surface area contributed by atoms with E-state index in [-0.39, 0.29) is 0 Å². The average Bonchev–Trinajstić information content (AvgIpc) is 2.88. The van der Waals surface area contributed by atoms with E-state index in [0.29, 0.717) is 6.10 Å². The molecule has 1 N–H and O–H groups in total. The van der Waals surface area contributed by atoms with Crippen LogP contribution in [0.2, 0.25) is 0 Å². The number of ether oxygens (including phenoxy) is 1. The maximum absolute atomic E-state index is 5.62. The average molecular weight is 240 g/mol. The Balaban J connectivity index is 1.38. The minimum atomic E-state index is 0.568. The Morgan fingerprint density at radius 3 is 2.71 bits per heavy atom. The molecule has 0 saturated carbocycles. The predicted molar refractivity (Wildman–Crippen MR) is 71.4 cm³/mol.